The molecule has 3 N–H and O–H groups in total. The summed E-state index contributed by atoms with van der Waals surface area (Å²) in [5, 5.41) is 13.8. The van der Waals surface area contributed by atoms with Crippen molar-refractivity contribution in [2.45, 2.75) is 13.3 Å². The number of rotatable bonds is 5. The fourth-order valence-corrected chi connectivity index (χ4v) is 3.37. The molecule has 0 unspecified atom stereocenters. The Bertz CT molecular complexity index is 1130. The van der Waals surface area contributed by atoms with Crippen LogP contribution in [-0.2, 0) is 0 Å². The van der Waals surface area contributed by atoms with E-state index < -0.39 is 0 Å². The zero-order chi connectivity index (χ0) is 18.8. The number of pyridine rings is 1. The fraction of sp³-hybridized carbons (Fsp3) is 0.182. The first-order valence-corrected chi connectivity index (χ1v) is 9.05. The molecule has 0 saturated heterocycles. The fourth-order valence-electron chi connectivity index (χ4n) is 3.37. The lowest BCUT2D eigenvalue weighted by Crippen LogP contribution is -2.26. The van der Waals surface area contributed by atoms with Crippen LogP contribution in [0.5, 0.6) is 0 Å². The lowest BCUT2D eigenvalue weighted by molar-refractivity contribution is 0.0946. The molecule has 0 fully saturated rings. The van der Waals surface area contributed by atoms with Gasteiger partial charge in [-0.25, -0.2) is 4.98 Å². The highest BCUT2D eigenvalue weighted by Gasteiger charge is 2.17. The third kappa shape index (κ3) is 3.17. The topological polar surface area (TPSA) is 78.0 Å². The van der Waals surface area contributed by atoms with E-state index in [9.17, 15) is 4.79 Å². The number of hydrogen-bond donors (Lipinski definition) is 3. The number of H-pyrrole nitrogens is 1. The van der Waals surface area contributed by atoms with Crippen molar-refractivity contribution in [3.63, 3.8) is 0 Å². The maximum absolute atomic E-state index is 12.6. The molecule has 136 valence electrons. The van der Waals surface area contributed by atoms with Crippen molar-refractivity contribution in [1.82, 2.24) is 15.3 Å². The van der Waals surface area contributed by atoms with Crippen LogP contribution in [0.2, 0.25) is 0 Å². The van der Waals surface area contributed by atoms with Crippen LogP contribution < -0.4 is 5.32 Å². The van der Waals surface area contributed by atoms with Crippen LogP contribution in [0.3, 0.4) is 0 Å². The maximum atomic E-state index is 12.6. The Morgan fingerprint density at radius 3 is 2.70 bits per heavy atom. The Morgan fingerprint density at radius 1 is 1.11 bits per heavy atom. The Labute approximate surface area is 157 Å². The largest absolute Gasteiger partial charge is 0.396 e. The monoisotopic (exact) mass is 359 g/mol. The maximum Gasteiger partial charge on any atom is 0.269 e. The van der Waals surface area contributed by atoms with E-state index in [1.165, 1.54) is 0 Å². The minimum atomic E-state index is -0.231. The Kier molecular flexibility index (Phi) is 4.60. The molecule has 0 bridgehead atoms. The number of nitrogens with zero attached hydrogens (tertiary/aromatic N) is 1. The number of benzene rings is 2. The van der Waals surface area contributed by atoms with E-state index in [-0.39, 0.29) is 12.5 Å². The molecule has 2 aromatic heterocycles. The van der Waals surface area contributed by atoms with Crippen LogP contribution in [0.4, 0.5) is 0 Å². The molecule has 2 aromatic carbocycles. The summed E-state index contributed by atoms with van der Waals surface area (Å²) in [6, 6.07) is 17.9. The molecule has 0 saturated carbocycles. The molecule has 4 aromatic rings. The average Bonchev–Trinajstić information content (AvgIpc) is 3.06. The van der Waals surface area contributed by atoms with Crippen molar-refractivity contribution in [3.05, 3.63) is 65.9 Å². The van der Waals surface area contributed by atoms with Gasteiger partial charge in [0.2, 0.25) is 0 Å². The number of aromatic nitrogens is 2. The number of aliphatic hydroxyl groups is 1. The van der Waals surface area contributed by atoms with Gasteiger partial charge in [0.15, 0.2) is 0 Å². The molecule has 0 aliphatic heterocycles. The number of amides is 1. The van der Waals surface area contributed by atoms with Gasteiger partial charge < -0.3 is 15.4 Å². The summed E-state index contributed by atoms with van der Waals surface area (Å²) < 4.78 is 0. The summed E-state index contributed by atoms with van der Waals surface area (Å²) in [4.78, 5) is 20.8. The number of aromatic amines is 1. The Hall–Kier alpha value is -3.18. The standard InChI is InChI=1S/C22H21N3O2/c1-14-7-2-3-8-15(14)20-21-17(16-9-4-5-10-18(16)24-21)13-19(25-20)22(27)23-11-6-12-26/h2-5,7-10,13,24,26H,6,11-12H2,1H3,(H,23,27). The molecule has 0 radical (unpaired) electrons. The van der Waals surface area contributed by atoms with Gasteiger partial charge in [0.25, 0.3) is 5.91 Å². The molecule has 5 heteroatoms. The number of para-hydroxylation sites is 1. The third-order valence-electron chi connectivity index (χ3n) is 4.75. The molecule has 0 atom stereocenters. The lowest BCUT2D eigenvalue weighted by atomic mass is 10.0. The molecule has 0 aliphatic carbocycles. The second kappa shape index (κ2) is 7.21. The smallest absolute Gasteiger partial charge is 0.269 e. The van der Waals surface area contributed by atoms with E-state index in [4.69, 9.17) is 10.1 Å². The number of aliphatic hydroxyl groups excluding tert-OH is 1. The predicted molar refractivity (Wildman–Crippen MR) is 108 cm³/mol. The normalized spacial score (nSPS) is 11.2. The van der Waals surface area contributed by atoms with Crippen molar-refractivity contribution in [2.24, 2.45) is 0 Å². The van der Waals surface area contributed by atoms with E-state index in [1.54, 1.807) is 0 Å². The zero-order valence-corrected chi connectivity index (χ0v) is 15.1. The summed E-state index contributed by atoms with van der Waals surface area (Å²) in [6.07, 6.45) is 0.520. The van der Waals surface area contributed by atoms with Gasteiger partial charge in [-0.1, -0.05) is 42.5 Å². The van der Waals surface area contributed by atoms with Gasteiger partial charge in [-0.2, -0.15) is 0 Å². The van der Waals surface area contributed by atoms with Crippen LogP contribution in [0, 0.1) is 6.92 Å². The van der Waals surface area contributed by atoms with Crippen molar-refractivity contribution in [1.29, 1.82) is 0 Å². The molecule has 4 rings (SSSR count). The van der Waals surface area contributed by atoms with E-state index in [0.717, 1.165) is 38.6 Å². The van der Waals surface area contributed by atoms with E-state index in [1.807, 2.05) is 61.5 Å². The first-order chi connectivity index (χ1) is 13.2. The van der Waals surface area contributed by atoms with Crippen molar-refractivity contribution < 1.29 is 9.90 Å². The molecule has 1 amide bonds. The predicted octanol–water partition coefficient (Wildman–Crippen LogP) is 3.80. The quantitative estimate of drug-likeness (QED) is 0.474. The summed E-state index contributed by atoms with van der Waals surface area (Å²) in [5.41, 5.74) is 5.19. The van der Waals surface area contributed by atoms with Gasteiger partial charge in [0.1, 0.15) is 5.69 Å². The molecule has 2 heterocycles. The molecule has 5 nitrogen and oxygen atoms in total. The van der Waals surface area contributed by atoms with Crippen LogP contribution >= 0.6 is 0 Å². The third-order valence-corrected chi connectivity index (χ3v) is 4.75. The Balaban J connectivity index is 1.94. The summed E-state index contributed by atoms with van der Waals surface area (Å²) in [6.45, 7) is 2.51. The first-order valence-electron chi connectivity index (χ1n) is 9.05. The second-order valence-corrected chi connectivity index (χ2v) is 6.60. The highest BCUT2D eigenvalue weighted by molar-refractivity contribution is 6.13. The summed E-state index contributed by atoms with van der Waals surface area (Å²) in [7, 11) is 0. The van der Waals surface area contributed by atoms with Gasteiger partial charge in [-0.15, -0.1) is 0 Å². The first kappa shape index (κ1) is 17.2. The molecule has 0 aliphatic rings. The SMILES string of the molecule is Cc1ccccc1-c1nc(C(=O)NCCCO)cc2c1[nH]c1ccccc12. The van der Waals surface area contributed by atoms with E-state index in [2.05, 4.69) is 10.3 Å². The highest BCUT2D eigenvalue weighted by Crippen LogP contribution is 2.33. The van der Waals surface area contributed by atoms with Crippen LogP contribution in [0.15, 0.2) is 54.6 Å². The van der Waals surface area contributed by atoms with Crippen LogP contribution in [0.1, 0.15) is 22.5 Å². The number of hydrogen-bond acceptors (Lipinski definition) is 3. The zero-order valence-electron chi connectivity index (χ0n) is 15.1. The van der Waals surface area contributed by atoms with Gasteiger partial charge in [-0.3, -0.25) is 4.79 Å². The van der Waals surface area contributed by atoms with E-state index in [0.29, 0.717) is 18.7 Å². The van der Waals surface area contributed by atoms with Crippen LogP contribution in [-0.4, -0.2) is 34.1 Å². The van der Waals surface area contributed by atoms with Gasteiger partial charge in [-0.05, 0) is 31.0 Å². The molecule has 27 heavy (non-hydrogen) atoms. The minimum absolute atomic E-state index is 0.0453. The molecule has 0 spiro atoms. The Morgan fingerprint density at radius 2 is 1.89 bits per heavy atom. The lowest BCUT2D eigenvalue weighted by Gasteiger charge is -2.10. The van der Waals surface area contributed by atoms with Crippen molar-refractivity contribution >= 4 is 27.7 Å². The number of aryl methyl sites for hydroxylation is 1. The van der Waals surface area contributed by atoms with Crippen molar-refractivity contribution in [3.8, 4) is 11.3 Å². The highest BCUT2D eigenvalue weighted by atomic mass is 16.3. The number of carbonyl (C=O) groups is 1. The van der Waals surface area contributed by atoms with Gasteiger partial charge in [0.05, 0.1) is 11.2 Å². The van der Waals surface area contributed by atoms with Gasteiger partial charge >= 0.3 is 0 Å². The minimum Gasteiger partial charge on any atom is -0.396 e. The molecular weight excluding hydrogens is 338 g/mol. The number of fused-ring (bicyclic) bond motifs is 3. The second-order valence-electron chi connectivity index (χ2n) is 6.60. The van der Waals surface area contributed by atoms with Crippen LogP contribution in [0.25, 0.3) is 33.1 Å². The van der Waals surface area contributed by atoms with E-state index >= 15 is 0 Å². The molecular formula is C22H21N3O2. The van der Waals surface area contributed by atoms with Crippen molar-refractivity contribution in [2.75, 3.05) is 13.2 Å². The average molecular weight is 359 g/mol. The van der Waals surface area contributed by atoms with Gasteiger partial charge in [0, 0.05) is 35.0 Å². The number of nitrogens with one attached hydrogen (secondary N) is 2. The number of carbonyl (C=O) groups excluding carboxylic acids is 1. The summed E-state index contributed by atoms with van der Waals surface area (Å²) in [5.74, 6) is -0.231. The summed E-state index contributed by atoms with van der Waals surface area (Å²) >= 11 is 0.